The third-order valence-corrected chi connectivity index (χ3v) is 5.88. The number of nitrogens with zero attached hydrogens (tertiary/aromatic N) is 3. The van der Waals surface area contributed by atoms with Crippen molar-refractivity contribution in [1.82, 2.24) is 14.9 Å². The first-order valence-corrected chi connectivity index (χ1v) is 10.4. The van der Waals surface area contributed by atoms with Gasteiger partial charge in [-0.05, 0) is 18.2 Å². The average molecular weight is 463 g/mol. The summed E-state index contributed by atoms with van der Waals surface area (Å²) in [6.07, 6.45) is 2.74. The molecule has 0 spiro atoms. The zero-order valence-electron chi connectivity index (χ0n) is 16.1. The van der Waals surface area contributed by atoms with Crippen LogP contribution in [0.1, 0.15) is 43.4 Å². The van der Waals surface area contributed by atoms with Crippen molar-refractivity contribution in [3.63, 3.8) is 0 Å². The zero-order chi connectivity index (χ0) is 20.1. The van der Waals surface area contributed by atoms with Crippen LogP contribution >= 0.6 is 27.5 Å². The van der Waals surface area contributed by atoms with E-state index in [1.54, 1.807) is 6.07 Å². The summed E-state index contributed by atoms with van der Waals surface area (Å²) in [6.45, 7) is 8.27. The minimum absolute atomic E-state index is 0.0714. The van der Waals surface area contributed by atoms with E-state index in [1.165, 1.54) is 0 Å². The molecular weight excluding hydrogens is 442 g/mol. The Bertz CT molecular complexity index is 1120. The molecule has 0 amide bonds. The first-order valence-electron chi connectivity index (χ1n) is 9.21. The Morgan fingerprint density at radius 2 is 2.11 bits per heavy atom. The lowest BCUT2D eigenvalue weighted by molar-refractivity contribution is 0.239. The van der Waals surface area contributed by atoms with Crippen molar-refractivity contribution in [3.8, 4) is 0 Å². The van der Waals surface area contributed by atoms with E-state index in [0.29, 0.717) is 29.3 Å². The highest BCUT2D eigenvalue weighted by atomic mass is 79.9. The largest absolute Gasteiger partial charge is 0.422 e. The molecule has 2 aromatic heterocycles. The zero-order valence-corrected chi connectivity index (χ0v) is 18.4. The van der Waals surface area contributed by atoms with Gasteiger partial charge in [0.15, 0.2) is 0 Å². The summed E-state index contributed by atoms with van der Waals surface area (Å²) in [7, 11) is 0. The summed E-state index contributed by atoms with van der Waals surface area (Å²) in [5.74, 6) is 0.864. The van der Waals surface area contributed by atoms with Crippen molar-refractivity contribution in [3.05, 3.63) is 67.0 Å². The number of aromatic nitrogens is 2. The SMILES string of the molecule is CC(C)(C)c1ncc2c(n1)CCN(Cc1c(Cl)c3cc(Br)ccc3oc1=O)C2. The highest BCUT2D eigenvalue weighted by Gasteiger charge is 2.24. The second-order valence-electron chi connectivity index (χ2n) is 8.20. The maximum absolute atomic E-state index is 12.5. The monoisotopic (exact) mass is 461 g/mol. The standard InChI is InChI=1S/C21H21BrClN3O2/c1-21(2,3)20-24-9-12-10-26(7-6-16(12)25-20)11-15-18(23)14-8-13(22)4-5-17(14)28-19(15)27/h4-5,8-9H,6-7,10-11H2,1-3H3. The van der Waals surface area contributed by atoms with Crippen molar-refractivity contribution in [2.75, 3.05) is 6.54 Å². The van der Waals surface area contributed by atoms with Gasteiger partial charge >= 0.3 is 5.63 Å². The van der Waals surface area contributed by atoms with Crippen molar-refractivity contribution >= 4 is 38.5 Å². The number of hydrogen-bond acceptors (Lipinski definition) is 5. The van der Waals surface area contributed by atoms with Crippen LogP contribution in [0.25, 0.3) is 11.0 Å². The van der Waals surface area contributed by atoms with E-state index in [0.717, 1.165) is 39.9 Å². The Hall–Kier alpha value is -1.76. The molecule has 0 fully saturated rings. The molecule has 0 aliphatic carbocycles. The van der Waals surface area contributed by atoms with Gasteiger partial charge < -0.3 is 4.42 Å². The van der Waals surface area contributed by atoms with E-state index in [1.807, 2.05) is 18.3 Å². The first kappa shape index (κ1) is 19.6. The highest BCUT2D eigenvalue weighted by Crippen LogP contribution is 2.29. The molecule has 0 unspecified atom stereocenters. The summed E-state index contributed by atoms with van der Waals surface area (Å²) in [5.41, 5.74) is 2.72. The quantitative estimate of drug-likeness (QED) is 0.509. The highest BCUT2D eigenvalue weighted by molar-refractivity contribution is 9.10. The lowest BCUT2D eigenvalue weighted by Crippen LogP contribution is -2.33. The topological polar surface area (TPSA) is 59.2 Å². The molecule has 0 atom stereocenters. The Kier molecular flexibility index (Phi) is 5.06. The summed E-state index contributed by atoms with van der Waals surface area (Å²) >= 11 is 10.0. The van der Waals surface area contributed by atoms with Crippen LogP contribution in [0.5, 0.6) is 0 Å². The van der Waals surface area contributed by atoms with E-state index in [-0.39, 0.29) is 11.0 Å². The lowest BCUT2D eigenvalue weighted by Gasteiger charge is -2.29. The third-order valence-electron chi connectivity index (χ3n) is 4.96. The summed E-state index contributed by atoms with van der Waals surface area (Å²) in [5, 5.41) is 1.19. The molecule has 0 saturated heterocycles. The van der Waals surface area contributed by atoms with Crippen LogP contribution in [0.3, 0.4) is 0 Å². The average Bonchev–Trinajstić information content (AvgIpc) is 2.64. The second-order valence-corrected chi connectivity index (χ2v) is 9.49. The second kappa shape index (κ2) is 7.25. The smallest absolute Gasteiger partial charge is 0.342 e. The van der Waals surface area contributed by atoms with Gasteiger partial charge in [0.05, 0.1) is 10.6 Å². The number of benzene rings is 1. The number of hydrogen-bond donors (Lipinski definition) is 0. The molecular formula is C21H21BrClN3O2. The van der Waals surface area contributed by atoms with Crippen molar-refractivity contribution in [2.45, 2.75) is 45.7 Å². The van der Waals surface area contributed by atoms with E-state index in [4.69, 9.17) is 21.0 Å². The summed E-state index contributed by atoms with van der Waals surface area (Å²) < 4.78 is 6.37. The van der Waals surface area contributed by atoms with Gasteiger partial charge in [-0.2, -0.15) is 0 Å². The van der Waals surface area contributed by atoms with Crippen LogP contribution in [-0.2, 0) is 24.9 Å². The van der Waals surface area contributed by atoms with Crippen LogP contribution in [0.2, 0.25) is 5.02 Å². The van der Waals surface area contributed by atoms with Gasteiger partial charge in [-0.1, -0.05) is 48.3 Å². The van der Waals surface area contributed by atoms with Crippen molar-refractivity contribution in [1.29, 1.82) is 0 Å². The summed E-state index contributed by atoms with van der Waals surface area (Å²) in [6, 6.07) is 5.45. The van der Waals surface area contributed by atoms with Crippen LogP contribution in [0.4, 0.5) is 0 Å². The molecule has 1 aliphatic rings. The maximum atomic E-state index is 12.5. The molecule has 0 N–H and O–H groups in total. The molecule has 5 nitrogen and oxygen atoms in total. The van der Waals surface area contributed by atoms with Crippen molar-refractivity contribution in [2.24, 2.45) is 0 Å². The minimum atomic E-state index is -0.384. The molecule has 3 heterocycles. The van der Waals surface area contributed by atoms with Gasteiger partial charge in [0.25, 0.3) is 0 Å². The first-order chi connectivity index (χ1) is 13.2. The van der Waals surface area contributed by atoms with Gasteiger partial charge in [-0.25, -0.2) is 14.8 Å². The van der Waals surface area contributed by atoms with Crippen molar-refractivity contribution < 1.29 is 4.42 Å². The molecule has 146 valence electrons. The lowest BCUT2D eigenvalue weighted by atomic mass is 9.95. The fraction of sp³-hybridized carbons (Fsp3) is 0.381. The van der Waals surface area contributed by atoms with E-state index in [9.17, 15) is 4.79 Å². The normalized spacial score (nSPS) is 15.0. The third kappa shape index (κ3) is 3.73. The van der Waals surface area contributed by atoms with Crippen LogP contribution in [0, 0.1) is 0 Å². The van der Waals surface area contributed by atoms with Crippen LogP contribution in [-0.4, -0.2) is 21.4 Å². The van der Waals surface area contributed by atoms with Gasteiger partial charge in [-0.3, -0.25) is 4.90 Å². The Labute approximate surface area is 176 Å². The minimum Gasteiger partial charge on any atom is -0.422 e. The summed E-state index contributed by atoms with van der Waals surface area (Å²) in [4.78, 5) is 24.0. The fourth-order valence-electron chi connectivity index (χ4n) is 3.40. The van der Waals surface area contributed by atoms with Gasteiger partial charge in [0.2, 0.25) is 0 Å². The van der Waals surface area contributed by atoms with Gasteiger partial charge in [-0.15, -0.1) is 0 Å². The predicted molar refractivity (Wildman–Crippen MR) is 114 cm³/mol. The molecule has 7 heteroatoms. The van der Waals surface area contributed by atoms with Gasteiger partial charge in [0.1, 0.15) is 11.4 Å². The number of halogens is 2. The molecule has 3 aromatic rings. The molecule has 0 bridgehead atoms. The van der Waals surface area contributed by atoms with Gasteiger partial charge in [0, 0.05) is 58.8 Å². The van der Waals surface area contributed by atoms with E-state index < -0.39 is 0 Å². The Morgan fingerprint density at radius 3 is 2.86 bits per heavy atom. The molecule has 4 rings (SSSR count). The van der Waals surface area contributed by atoms with E-state index >= 15 is 0 Å². The Morgan fingerprint density at radius 1 is 1.32 bits per heavy atom. The molecule has 1 aromatic carbocycles. The molecule has 1 aliphatic heterocycles. The predicted octanol–water partition coefficient (Wildman–Crippen LogP) is 4.85. The van der Waals surface area contributed by atoms with Crippen LogP contribution in [0.15, 0.2) is 38.1 Å². The van der Waals surface area contributed by atoms with E-state index in [2.05, 4.69) is 46.6 Å². The molecule has 0 saturated carbocycles. The molecule has 0 radical (unpaired) electrons. The fourth-order valence-corrected chi connectivity index (χ4v) is 4.05. The Balaban J connectivity index is 1.62. The molecule has 28 heavy (non-hydrogen) atoms. The number of rotatable bonds is 2. The maximum Gasteiger partial charge on any atom is 0.342 e. The number of fused-ring (bicyclic) bond motifs is 2. The van der Waals surface area contributed by atoms with Crippen LogP contribution < -0.4 is 5.63 Å².